The Morgan fingerprint density at radius 1 is 1.42 bits per heavy atom. The van der Waals surface area contributed by atoms with Crippen molar-refractivity contribution >= 4 is 22.4 Å². The Morgan fingerprint density at radius 2 is 2.25 bits per heavy atom. The number of hydrogen-bond acceptors (Lipinski definition) is 5. The number of aromatic nitrogens is 4. The molecule has 0 radical (unpaired) electrons. The number of amides is 1. The number of thiazole rings is 1. The summed E-state index contributed by atoms with van der Waals surface area (Å²) < 4.78 is 15.7. The number of carbonyl (C=O) groups excluding carboxylic acids is 1. The molecule has 2 aromatic heterocycles. The zero-order valence-corrected chi connectivity index (χ0v) is 13.7. The van der Waals surface area contributed by atoms with Crippen LogP contribution in [-0.2, 0) is 0 Å². The van der Waals surface area contributed by atoms with Gasteiger partial charge in [-0.2, -0.15) is 5.10 Å². The van der Waals surface area contributed by atoms with Crippen molar-refractivity contribution in [1.82, 2.24) is 19.7 Å². The predicted molar refractivity (Wildman–Crippen MR) is 88.0 cm³/mol. The van der Waals surface area contributed by atoms with Gasteiger partial charge in [0.2, 0.25) is 0 Å². The van der Waals surface area contributed by atoms with E-state index in [-0.39, 0.29) is 17.6 Å². The number of carbonyl (C=O) groups is 1. The third-order valence-corrected chi connectivity index (χ3v) is 4.76. The average Bonchev–Trinajstić information content (AvgIpc) is 3.07. The first-order valence-electron chi connectivity index (χ1n) is 7.54. The molecule has 0 saturated heterocycles. The molecule has 122 valence electrons. The number of hydrogen-bond donors (Lipinski definition) is 0. The van der Waals surface area contributed by atoms with Gasteiger partial charge in [-0.15, -0.1) is 11.3 Å². The summed E-state index contributed by atoms with van der Waals surface area (Å²) in [6.07, 6.45) is 4.64. The molecule has 1 saturated carbocycles. The topological polar surface area (TPSA) is 63.9 Å². The average molecular weight is 343 g/mol. The highest BCUT2D eigenvalue weighted by atomic mass is 32.1. The molecule has 1 fully saturated rings. The largest absolute Gasteiger partial charge is 0.281 e. The van der Waals surface area contributed by atoms with Crippen LogP contribution in [0.4, 0.5) is 9.52 Å². The summed E-state index contributed by atoms with van der Waals surface area (Å²) in [5.74, 6) is -0.742. The summed E-state index contributed by atoms with van der Waals surface area (Å²) in [5.41, 5.74) is 1.43. The quantitative estimate of drug-likeness (QED) is 0.730. The lowest BCUT2D eigenvalue weighted by Gasteiger charge is -2.19. The van der Waals surface area contributed by atoms with Crippen LogP contribution in [0.3, 0.4) is 0 Å². The Bertz CT molecular complexity index is 888. The Labute approximate surface area is 141 Å². The molecule has 0 aliphatic heterocycles. The first-order valence-corrected chi connectivity index (χ1v) is 8.41. The number of halogens is 1. The smallest absolute Gasteiger partial charge is 0.260 e. The van der Waals surface area contributed by atoms with E-state index < -0.39 is 5.82 Å². The van der Waals surface area contributed by atoms with Crippen LogP contribution in [0.2, 0.25) is 0 Å². The monoisotopic (exact) mass is 343 g/mol. The molecule has 24 heavy (non-hydrogen) atoms. The molecule has 1 aromatic carbocycles. The summed E-state index contributed by atoms with van der Waals surface area (Å²) in [6, 6.07) is 4.55. The van der Waals surface area contributed by atoms with Crippen molar-refractivity contribution in [3.05, 3.63) is 53.3 Å². The highest BCUT2D eigenvalue weighted by Gasteiger charge is 2.36. The first kappa shape index (κ1) is 14.9. The fourth-order valence-corrected chi connectivity index (χ4v) is 3.36. The highest BCUT2D eigenvalue weighted by Crippen LogP contribution is 2.35. The van der Waals surface area contributed by atoms with Gasteiger partial charge >= 0.3 is 0 Å². The van der Waals surface area contributed by atoms with Gasteiger partial charge in [0.15, 0.2) is 5.13 Å². The first-order chi connectivity index (χ1) is 11.6. The van der Waals surface area contributed by atoms with E-state index in [9.17, 15) is 9.18 Å². The maximum absolute atomic E-state index is 14.4. The molecule has 1 aliphatic rings. The highest BCUT2D eigenvalue weighted by molar-refractivity contribution is 7.14. The van der Waals surface area contributed by atoms with E-state index in [1.165, 1.54) is 40.8 Å². The van der Waals surface area contributed by atoms with Crippen LogP contribution in [0.25, 0.3) is 5.69 Å². The lowest BCUT2D eigenvalue weighted by Crippen LogP contribution is -2.33. The summed E-state index contributed by atoms with van der Waals surface area (Å²) in [5, 5.41) is 6.48. The SMILES string of the molecule is Cc1csc(N(C(=O)c2ccc(-n3cncn3)c(F)c2)C2CC2)n1. The minimum absolute atomic E-state index is 0.154. The van der Waals surface area contributed by atoms with E-state index in [4.69, 9.17) is 0 Å². The van der Waals surface area contributed by atoms with Crippen LogP contribution in [0, 0.1) is 12.7 Å². The maximum atomic E-state index is 14.4. The number of rotatable bonds is 4. The normalized spacial score (nSPS) is 13.9. The van der Waals surface area contributed by atoms with Crippen molar-refractivity contribution in [2.24, 2.45) is 0 Å². The second-order valence-electron chi connectivity index (χ2n) is 5.68. The van der Waals surface area contributed by atoms with Gasteiger partial charge in [-0.3, -0.25) is 9.69 Å². The fraction of sp³-hybridized carbons (Fsp3) is 0.250. The Hall–Kier alpha value is -2.61. The Balaban J connectivity index is 1.67. The van der Waals surface area contributed by atoms with E-state index in [1.807, 2.05) is 12.3 Å². The van der Waals surface area contributed by atoms with Crippen molar-refractivity contribution in [2.45, 2.75) is 25.8 Å². The van der Waals surface area contributed by atoms with Gasteiger partial charge in [-0.25, -0.2) is 19.0 Å². The van der Waals surface area contributed by atoms with Gasteiger partial charge in [-0.1, -0.05) is 0 Å². The second kappa shape index (κ2) is 5.79. The molecule has 1 aliphatic carbocycles. The summed E-state index contributed by atoms with van der Waals surface area (Å²) in [7, 11) is 0. The van der Waals surface area contributed by atoms with Gasteiger partial charge in [0, 0.05) is 17.0 Å². The molecule has 2 heterocycles. The fourth-order valence-electron chi connectivity index (χ4n) is 2.49. The van der Waals surface area contributed by atoms with Crippen LogP contribution in [0.15, 0.2) is 36.2 Å². The van der Waals surface area contributed by atoms with Crippen molar-refractivity contribution in [3.8, 4) is 5.69 Å². The molecule has 6 nitrogen and oxygen atoms in total. The van der Waals surface area contributed by atoms with E-state index in [0.29, 0.717) is 10.7 Å². The van der Waals surface area contributed by atoms with E-state index >= 15 is 0 Å². The molecular weight excluding hydrogens is 329 g/mol. The van der Waals surface area contributed by atoms with E-state index in [2.05, 4.69) is 15.1 Å². The minimum Gasteiger partial charge on any atom is -0.281 e. The predicted octanol–water partition coefficient (Wildman–Crippen LogP) is 2.98. The standard InChI is InChI=1S/C16H14FN5OS/c1-10-7-24-16(20-10)22(12-3-4-12)15(23)11-2-5-14(13(17)6-11)21-9-18-8-19-21/h2,5-9,12H,3-4H2,1H3. The molecule has 0 spiro atoms. The van der Waals surface area contributed by atoms with Gasteiger partial charge in [-0.05, 0) is 38.0 Å². The third kappa shape index (κ3) is 2.69. The zero-order valence-electron chi connectivity index (χ0n) is 12.9. The molecule has 1 amide bonds. The van der Waals surface area contributed by atoms with E-state index in [0.717, 1.165) is 18.5 Å². The molecule has 3 aromatic rings. The van der Waals surface area contributed by atoms with Crippen LogP contribution >= 0.6 is 11.3 Å². The van der Waals surface area contributed by atoms with Gasteiger partial charge in [0.05, 0.1) is 5.69 Å². The molecule has 4 rings (SSSR count). The van der Waals surface area contributed by atoms with Crippen molar-refractivity contribution in [3.63, 3.8) is 0 Å². The number of anilines is 1. The van der Waals surface area contributed by atoms with Crippen molar-refractivity contribution in [1.29, 1.82) is 0 Å². The summed E-state index contributed by atoms with van der Waals surface area (Å²) >= 11 is 1.43. The minimum atomic E-state index is -0.516. The van der Waals surface area contributed by atoms with Gasteiger partial charge in [0.1, 0.15) is 24.2 Å². The third-order valence-electron chi connectivity index (χ3n) is 3.80. The zero-order chi connectivity index (χ0) is 16.7. The van der Waals surface area contributed by atoms with Crippen LogP contribution < -0.4 is 4.90 Å². The second-order valence-corrected chi connectivity index (χ2v) is 6.52. The molecule has 8 heteroatoms. The maximum Gasteiger partial charge on any atom is 0.260 e. The molecule has 0 bridgehead atoms. The summed E-state index contributed by atoms with van der Waals surface area (Å²) in [4.78, 5) is 22.8. The van der Waals surface area contributed by atoms with Crippen LogP contribution in [0.1, 0.15) is 28.9 Å². The molecule has 0 N–H and O–H groups in total. The number of benzene rings is 1. The van der Waals surface area contributed by atoms with Crippen LogP contribution in [0.5, 0.6) is 0 Å². The number of nitrogens with zero attached hydrogens (tertiary/aromatic N) is 5. The van der Waals surface area contributed by atoms with E-state index in [1.54, 1.807) is 11.0 Å². The van der Waals surface area contributed by atoms with Gasteiger partial charge < -0.3 is 0 Å². The van der Waals surface area contributed by atoms with Crippen molar-refractivity contribution < 1.29 is 9.18 Å². The van der Waals surface area contributed by atoms with Crippen molar-refractivity contribution in [2.75, 3.05) is 4.90 Å². The lowest BCUT2D eigenvalue weighted by molar-refractivity contribution is 0.0985. The molecular formula is C16H14FN5OS. The Kier molecular flexibility index (Phi) is 3.61. The lowest BCUT2D eigenvalue weighted by atomic mass is 10.1. The molecule has 0 unspecified atom stereocenters. The summed E-state index contributed by atoms with van der Waals surface area (Å²) in [6.45, 7) is 1.89. The van der Waals surface area contributed by atoms with Crippen LogP contribution in [-0.4, -0.2) is 31.7 Å². The number of aryl methyl sites for hydroxylation is 1. The molecule has 0 atom stereocenters. The van der Waals surface area contributed by atoms with Gasteiger partial charge in [0.25, 0.3) is 5.91 Å². The Morgan fingerprint density at radius 3 is 2.83 bits per heavy atom.